The molecule has 3 aromatic rings. The molecular weight excluding hydrogens is 316 g/mol. The number of benzene rings is 2. The normalized spacial score (nSPS) is 10.5. The molecule has 0 aliphatic rings. The van der Waals surface area contributed by atoms with Gasteiger partial charge in [0.05, 0.1) is 11.3 Å². The van der Waals surface area contributed by atoms with Crippen LogP contribution in [-0.4, -0.2) is 29.7 Å². The second-order valence-electron chi connectivity index (χ2n) is 5.69. The van der Waals surface area contributed by atoms with Gasteiger partial charge in [0.1, 0.15) is 0 Å². The van der Waals surface area contributed by atoms with Crippen molar-refractivity contribution in [1.82, 2.24) is 10.2 Å². The number of nitrogens with zero attached hydrogens (tertiary/aromatic N) is 3. The van der Waals surface area contributed by atoms with Gasteiger partial charge in [-0.25, -0.2) is 0 Å². The first-order valence-electron chi connectivity index (χ1n) is 8.10. The van der Waals surface area contributed by atoms with E-state index in [1.54, 1.807) is 6.92 Å². The molecule has 0 radical (unpaired) electrons. The summed E-state index contributed by atoms with van der Waals surface area (Å²) in [6.45, 7) is 4.71. The summed E-state index contributed by atoms with van der Waals surface area (Å²) in [7, 11) is 2.01. The maximum atomic E-state index is 12.6. The van der Waals surface area contributed by atoms with Gasteiger partial charge in [-0.1, -0.05) is 12.1 Å². The molecule has 2 aromatic carbocycles. The number of anilines is 2. The Morgan fingerprint density at radius 3 is 2.48 bits per heavy atom. The fourth-order valence-electron chi connectivity index (χ4n) is 2.43. The average molecular weight is 336 g/mol. The second-order valence-corrected chi connectivity index (χ2v) is 5.69. The van der Waals surface area contributed by atoms with Crippen LogP contribution in [0.5, 0.6) is 0 Å². The molecule has 6 heteroatoms. The van der Waals surface area contributed by atoms with Crippen molar-refractivity contribution < 1.29 is 9.21 Å². The topological polar surface area (TPSA) is 71.3 Å². The summed E-state index contributed by atoms with van der Waals surface area (Å²) in [6, 6.07) is 14.9. The molecule has 0 unspecified atom stereocenters. The molecule has 1 N–H and O–H groups in total. The molecule has 0 saturated heterocycles. The van der Waals surface area contributed by atoms with E-state index in [0.717, 1.165) is 12.2 Å². The van der Waals surface area contributed by atoms with E-state index in [1.807, 2.05) is 55.6 Å². The van der Waals surface area contributed by atoms with Crippen LogP contribution in [0.1, 0.15) is 23.2 Å². The van der Waals surface area contributed by atoms with Crippen molar-refractivity contribution in [3.8, 4) is 11.5 Å². The van der Waals surface area contributed by atoms with E-state index in [2.05, 4.69) is 27.3 Å². The fourth-order valence-corrected chi connectivity index (χ4v) is 2.43. The van der Waals surface area contributed by atoms with Gasteiger partial charge in [-0.15, -0.1) is 10.2 Å². The number of nitrogens with one attached hydrogen (secondary N) is 1. The molecule has 6 nitrogen and oxygen atoms in total. The van der Waals surface area contributed by atoms with E-state index in [4.69, 9.17) is 4.42 Å². The van der Waals surface area contributed by atoms with Gasteiger partial charge < -0.3 is 14.6 Å². The first-order chi connectivity index (χ1) is 12.1. The van der Waals surface area contributed by atoms with Crippen molar-refractivity contribution in [3.05, 3.63) is 60.0 Å². The highest BCUT2D eigenvalue weighted by Gasteiger charge is 2.14. The third kappa shape index (κ3) is 3.68. The van der Waals surface area contributed by atoms with Crippen molar-refractivity contribution in [1.29, 1.82) is 0 Å². The van der Waals surface area contributed by atoms with Gasteiger partial charge >= 0.3 is 0 Å². The molecule has 0 atom stereocenters. The molecule has 0 spiro atoms. The smallest absolute Gasteiger partial charge is 0.255 e. The van der Waals surface area contributed by atoms with Crippen molar-refractivity contribution in [3.63, 3.8) is 0 Å². The van der Waals surface area contributed by atoms with Crippen LogP contribution < -0.4 is 10.2 Å². The van der Waals surface area contributed by atoms with Gasteiger partial charge in [0.2, 0.25) is 11.8 Å². The van der Waals surface area contributed by atoms with Crippen molar-refractivity contribution in [2.75, 3.05) is 23.8 Å². The van der Waals surface area contributed by atoms with Gasteiger partial charge in [0, 0.05) is 31.8 Å². The van der Waals surface area contributed by atoms with Crippen LogP contribution in [0.2, 0.25) is 0 Å². The van der Waals surface area contributed by atoms with E-state index in [9.17, 15) is 4.79 Å². The zero-order chi connectivity index (χ0) is 17.8. The van der Waals surface area contributed by atoms with E-state index in [1.165, 1.54) is 0 Å². The second kappa shape index (κ2) is 7.17. The third-order valence-corrected chi connectivity index (χ3v) is 3.98. The van der Waals surface area contributed by atoms with Crippen LogP contribution in [0, 0.1) is 6.92 Å². The number of aryl methyl sites for hydroxylation is 1. The minimum atomic E-state index is -0.186. The van der Waals surface area contributed by atoms with Gasteiger partial charge in [0.25, 0.3) is 5.91 Å². The number of aromatic nitrogens is 2. The molecule has 0 fully saturated rings. The van der Waals surface area contributed by atoms with E-state index >= 15 is 0 Å². The van der Waals surface area contributed by atoms with Crippen LogP contribution in [-0.2, 0) is 0 Å². The number of hydrogen-bond acceptors (Lipinski definition) is 5. The highest BCUT2D eigenvalue weighted by Crippen LogP contribution is 2.27. The first kappa shape index (κ1) is 16.7. The van der Waals surface area contributed by atoms with Crippen LogP contribution in [0.25, 0.3) is 11.5 Å². The van der Waals surface area contributed by atoms with Crippen LogP contribution in [0.4, 0.5) is 11.4 Å². The SMILES string of the molecule is CCN(C)c1ccc(C(=O)Nc2ccccc2-c2nnc(C)o2)cc1. The first-order valence-corrected chi connectivity index (χ1v) is 8.10. The summed E-state index contributed by atoms with van der Waals surface area (Å²) < 4.78 is 5.47. The molecule has 0 aliphatic carbocycles. The molecule has 1 heterocycles. The summed E-state index contributed by atoms with van der Waals surface area (Å²) in [5.41, 5.74) is 2.98. The lowest BCUT2D eigenvalue weighted by Gasteiger charge is -2.17. The molecule has 128 valence electrons. The third-order valence-electron chi connectivity index (χ3n) is 3.98. The van der Waals surface area contributed by atoms with Gasteiger partial charge in [-0.05, 0) is 43.3 Å². The summed E-state index contributed by atoms with van der Waals surface area (Å²) in [4.78, 5) is 14.7. The van der Waals surface area contributed by atoms with Crippen LogP contribution >= 0.6 is 0 Å². The predicted molar refractivity (Wildman–Crippen MR) is 97.8 cm³/mol. The Labute approximate surface area is 146 Å². The van der Waals surface area contributed by atoms with Crippen molar-refractivity contribution in [2.24, 2.45) is 0 Å². The zero-order valence-electron chi connectivity index (χ0n) is 14.5. The number of rotatable bonds is 5. The Kier molecular flexibility index (Phi) is 4.79. The Bertz CT molecular complexity index is 871. The van der Waals surface area contributed by atoms with Crippen LogP contribution in [0.3, 0.4) is 0 Å². The maximum absolute atomic E-state index is 12.6. The molecular formula is C19H20N4O2. The van der Waals surface area contributed by atoms with Crippen LogP contribution in [0.15, 0.2) is 52.9 Å². The Hall–Kier alpha value is -3.15. The summed E-state index contributed by atoms with van der Waals surface area (Å²) in [5, 5.41) is 10.8. The number of carbonyl (C=O) groups excluding carboxylic acids is 1. The van der Waals surface area contributed by atoms with E-state index in [0.29, 0.717) is 28.6 Å². The van der Waals surface area contributed by atoms with Crippen molar-refractivity contribution in [2.45, 2.75) is 13.8 Å². The minimum Gasteiger partial charge on any atom is -0.421 e. The number of carbonyl (C=O) groups is 1. The average Bonchev–Trinajstić information content (AvgIpc) is 3.07. The summed E-state index contributed by atoms with van der Waals surface area (Å²) in [5.74, 6) is 0.675. The quantitative estimate of drug-likeness (QED) is 0.768. The Morgan fingerprint density at radius 2 is 1.84 bits per heavy atom. The number of hydrogen-bond donors (Lipinski definition) is 1. The maximum Gasteiger partial charge on any atom is 0.255 e. The monoisotopic (exact) mass is 336 g/mol. The van der Waals surface area contributed by atoms with E-state index < -0.39 is 0 Å². The molecule has 1 amide bonds. The highest BCUT2D eigenvalue weighted by molar-refractivity contribution is 6.06. The molecule has 1 aromatic heterocycles. The molecule has 3 rings (SSSR count). The highest BCUT2D eigenvalue weighted by atomic mass is 16.4. The van der Waals surface area contributed by atoms with Gasteiger partial charge in [-0.3, -0.25) is 4.79 Å². The van der Waals surface area contributed by atoms with Gasteiger partial charge in [-0.2, -0.15) is 0 Å². The lowest BCUT2D eigenvalue weighted by atomic mass is 10.1. The zero-order valence-corrected chi connectivity index (χ0v) is 14.5. The van der Waals surface area contributed by atoms with E-state index in [-0.39, 0.29) is 5.91 Å². The molecule has 25 heavy (non-hydrogen) atoms. The molecule has 0 saturated carbocycles. The summed E-state index contributed by atoms with van der Waals surface area (Å²) >= 11 is 0. The largest absolute Gasteiger partial charge is 0.421 e. The molecule has 0 bridgehead atoms. The predicted octanol–water partition coefficient (Wildman–Crippen LogP) is 3.75. The Morgan fingerprint density at radius 1 is 1.12 bits per heavy atom. The lowest BCUT2D eigenvalue weighted by molar-refractivity contribution is 0.102. The Balaban J connectivity index is 1.82. The standard InChI is InChI=1S/C19H20N4O2/c1-4-23(3)15-11-9-14(10-12-15)18(24)20-17-8-6-5-7-16(17)19-22-21-13(2)25-19/h5-12H,4H2,1-3H3,(H,20,24). The van der Waals surface area contributed by atoms with Gasteiger partial charge in [0.15, 0.2) is 0 Å². The lowest BCUT2D eigenvalue weighted by Crippen LogP contribution is -2.16. The van der Waals surface area contributed by atoms with Crippen molar-refractivity contribution >= 4 is 17.3 Å². The number of para-hydroxylation sites is 1. The fraction of sp³-hybridized carbons (Fsp3) is 0.211. The molecule has 0 aliphatic heterocycles. The number of amides is 1. The minimum absolute atomic E-state index is 0.186. The summed E-state index contributed by atoms with van der Waals surface area (Å²) in [6.07, 6.45) is 0.